The highest BCUT2D eigenvalue weighted by Gasteiger charge is 2.30. The van der Waals surface area contributed by atoms with Crippen LogP contribution in [0.2, 0.25) is 0 Å². The third kappa shape index (κ3) is 5.89. The van der Waals surface area contributed by atoms with Crippen LogP contribution < -0.4 is 14.9 Å². The molecule has 2 atom stereocenters. The summed E-state index contributed by atoms with van der Waals surface area (Å²) in [6.45, 7) is 8.91. The lowest BCUT2D eigenvalue weighted by Crippen LogP contribution is -2.45. The lowest BCUT2D eigenvalue weighted by molar-refractivity contribution is -0.120. The molecule has 9 nitrogen and oxygen atoms in total. The molecule has 168 valence electrons. The molecular weight excluding hydrogens is 406 g/mol. The van der Waals surface area contributed by atoms with Gasteiger partial charge in [-0.1, -0.05) is 0 Å². The zero-order valence-electron chi connectivity index (χ0n) is 18.2. The van der Waals surface area contributed by atoms with Crippen molar-refractivity contribution in [1.82, 2.24) is 14.7 Å². The molecule has 2 aliphatic rings. The zero-order chi connectivity index (χ0) is 21.9. The summed E-state index contributed by atoms with van der Waals surface area (Å²) in [5.74, 6) is 0.969. The van der Waals surface area contributed by atoms with E-state index < -0.39 is 15.3 Å². The molecule has 30 heavy (non-hydrogen) atoms. The molecule has 0 spiro atoms. The fourth-order valence-electron chi connectivity index (χ4n) is 3.98. The smallest absolute Gasteiger partial charge is 0.228 e. The molecule has 1 saturated carbocycles. The van der Waals surface area contributed by atoms with Crippen molar-refractivity contribution in [3.63, 3.8) is 0 Å². The van der Waals surface area contributed by atoms with Crippen molar-refractivity contribution < 1.29 is 17.9 Å². The van der Waals surface area contributed by atoms with E-state index in [4.69, 9.17) is 4.74 Å². The number of nitrogens with one attached hydrogen (secondary N) is 2. The van der Waals surface area contributed by atoms with Crippen molar-refractivity contribution in [1.29, 1.82) is 0 Å². The van der Waals surface area contributed by atoms with Crippen molar-refractivity contribution in [2.24, 2.45) is 5.92 Å². The Morgan fingerprint density at radius 2 is 1.73 bits per heavy atom. The largest absolute Gasteiger partial charge is 0.372 e. The number of amides is 1. The van der Waals surface area contributed by atoms with E-state index in [9.17, 15) is 13.2 Å². The van der Waals surface area contributed by atoms with Crippen molar-refractivity contribution in [3.05, 3.63) is 12.4 Å². The second-order valence-electron chi connectivity index (χ2n) is 8.67. The molecule has 1 aliphatic heterocycles. The van der Waals surface area contributed by atoms with E-state index in [1.807, 2.05) is 13.8 Å². The van der Waals surface area contributed by atoms with Gasteiger partial charge in [-0.25, -0.2) is 23.1 Å². The Labute approximate surface area is 179 Å². The maximum Gasteiger partial charge on any atom is 0.228 e. The molecule has 0 bridgehead atoms. The number of nitrogens with zero attached hydrogens (tertiary/aromatic N) is 3. The maximum atomic E-state index is 12.6. The average Bonchev–Trinajstić information content (AvgIpc) is 2.68. The Morgan fingerprint density at radius 3 is 2.27 bits per heavy atom. The highest BCUT2D eigenvalue weighted by molar-refractivity contribution is 7.90. The molecule has 0 radical (unpaired) electrons. The minimum atomic E-state index is -3.29. The van der Waals surface area contributed by atoms with Gasteiger partial charge in [-0.3, -0.25) is 4.79 Å². The molecule has 3 rings (SSSR count). The third-order valence-electron chi connectivity index (χ3n) is 5.68. The molecule has 1 aromatic heterocycles. The van der Waals surface area contributed by atoms with Crippen molar-refractivity contribution in [2.75, 3.05) is 23.3 Å². The van der Waals surface area contributed by atoms with Crippen LogP contribution in [0.3, 0.4) is 0 Å². The first-order chi connectivity index (χ1) is 14.1. The number of ether oxygens (including phenoxy) is 1. The first-order valence-corrected chi connectivity index (χ1v) is 12.2. The summed E-state index contributed by atoms with van der Waals surface area (Å²) < 4.78 is 32.5. The van der Waals surface area contributed by atoms with Gasteiger partial charge in [-0.2, -0.15) is 0 Å². The second kappa shape index (κ2) is 9.57. The van der Waals surface area contributed by atoms with E-state index in [1.165, 1.54) is 0 Å². The van der Waals surface area contributed by atoms with Crippen molar-refractivity contribution in [3.8, 4) is 0 Å². The normalized spacial score (nSPS) is 27.8. The third-order valence-corrected chi connectivity index (χ3v) is 7.59. The van der Waals surface area contributed by atoms with Gasteiger partial charge < -0.3 is 15.0 Å². The molecule has 0 aromatic carbocycles. The Hall–Kier alpha value is -1.78. The molecule has 1 amide bonds. The minimum absolute atomic E-state index is 0.0872. The number of carbonyl (C=O) groups excluding carboxylic acids is 1. The molecule has 1 saturated heterocycles. The number of hydrogen-bond acceptors (Lipinski definition) is 7. The van der Waals surface area contributed by atoms with Crippen molar-refractivity contribution >= 4 is 27.6 Å². The van der Waals surface area contributed by atoms with Crippen LogP contribution in [-0.2, 0) is 19.6 Å². The van der Waals surface area contributed by atoms with Crippen LogP contribution in [0.1, 0.15) is 53.4 Å². The van der Waals surface area contributed by atoms with Gasteiger partial charge in [-0.05, 0) is 53.4 Å². The van der Waals surface area contributed by atoms with E-state index >= 15 is 0 Å². The van der Waals surface area contributed by atoms with Crippen LogP contribution in [0.15, 0.2) is 12.4 Å². The van der Waals surface area contributed by atoms with Gasteiger partial charge in [0, 0.05) is 25.0 Å². The SMILES string of the molecule is CC(C)S(=O)(=O)N[C@H]1CC[C@H](C(=O)Nc2cnc(N3C[C@@H](C)O[C@@H](C)C3)cn2)CC1. The minimum Gasteiger partial charge on any atom is -0.372 e. The van der Waals surface area contributed by atoms with E-state index in [0.29, 0.717) is 31.5 Å². The number of rotatable bonds is 6. The van der Waals surface area contributed by atoms with E-state index in [1.54, 1.807) is 26.2 Å². The Kier molecular flexibility index (Phi) is 7.30. The summed E-state index contributed by atoms with van der Waals surface area (Å²) in [4.78, 5) is 23.5. The van der Waals surface area contributed by atoms with E-state index in [-0.39, 0.29) is 30.1 Å². The number of anilines is 2. The summed E-state index contributed by atoms with van der Waals surface area (Å²) in [6.07, 6.45) is 6.13. The number of carbonyl (C=O) groups is 1. The van der Waals surface area contributed by atoms with E-state index in [2.05, 4.69) is 24.9 Å². The van der Waals surface area contributed by atoms with Gasteiger partial charge in [0.25, 0.3) is 0 Å². The molecule has 10 heteroatoms. The molecule has 2 fully saturated rings. The average molecular weight is 440 g/mol. The second-order valence-corrected chi connectivity index (χ2v) is 10.9. The van der Waals surface area contributed by atoms with Gasteiger partial charge in [0.05, 0.1) is 29.9 Å². The zero-order valence-corrected chi connectivity index (χ0v) is 19.0. The predicted octanol–water partition coefficient (Wildman–Crippen LogP) is 1.92. The first kappa shape index (κ1) is 22.9. The lowest BCUT2D eigenvalue weighted by atomic mass is 9.86. The molecule has 2 N–H and O–H groups in total. The fraction of sp³-hybridized carbons (Fsp3) is 0.750. The summed E-state index contributed by atoms with van der Waals surface area (Å²) in [6, 6.07) is -0.0983. The summed E-state index contributed by atoms with van der Waals surface area (Å²) in [5, 5.41) is 2.39. The standard InChI is InChI=1S/C20H33N5O4S/c1-13(2)30(27,28)24-17-7-5-16(6-8-17)20(26)23-18-9-22-19(10-21-18)25-11-14(3)29-15(4)12-25/h9-10,13-17,24H,5-8,11-12H2,1-4H3,(H,21,23,26)/t14-,15+,16-,17-. The van der Waals surface area contributed by atoms with Gasteiger partial charge in [0.15, 0.2) is 5.82 Å². The summed E-state index contributed by atoms with van der Waals surface area (Å²) >= 11 is 0. The van der Waals surface area contributed by atoms with Gasteiger partial charge >= 0.3 is 0 Å². The van der Waals surface area contributed by atoms with Gasteiger partial charge in [0.2, 0.25) is 15.9 Å². The van der Waals surface area contributed by atoms with Crippen molar-refractivity contribution in [2.45, 2.75) is 76.9 Å². The lowest BCUT2D eigenvalue weighted by Gasteiger charge is -2.35. The summed E-state index contributed by atoms with van der Waals surface area (Å²) in [5.41, 5.74) is 0. The fourth-order valence-corrected chi connectivity index (χ4v) is 4.96. The van der Waals surface area contributed by atoms with Crippen LogP contribution in [0.25, 0.3) is 0 Å². The Balaban J connectivity index is 1.50. The van der Waals surface area contributed by atoms with Crippen LogP contribution >= 0.6 is 0 Å². The predicted molar refractivity (Wildman–Crippen MR) is 116 cm³/mol. The Bertz CT molecular complexity index is 812. The van der Waals surface area contributed by atoms with Crippen LogP contribution in [0.5, 0.6) is 0 Å². The monoisotopic (exact) mass is 439 g/mol. The van der Waals surface area contributed by atoms with Gasteiger partial charge in [-0.15, -0.1) is 0 Å². The first-order valence-electron chi connectivity index (χ1n) is 10.7. The number of sulfonamides is 1. The molecule has 1 aromatic rings. The molecule has 1 aliphatic carbocycles. The topological polar surface area (TPSA) is 114 Å². The molecular formula is C20H33N5O4S. The summed E-state index contributed by atoms with van der Waals surface area (Å²) in [7, 11) is -3.29. The van der Waals surface area contributed by atoms with Crippen LogP contribution in [0, 0.1) is 5.92 Å². The highest BCUT2D eigenvalue weighted by atomic mass is 32.2. The number of aromatic nitrogens is 2. The Morgan fingerprint density at radius 1 is 1.10 bits per heavy atom. The van der Waals surface area contributed by atoms with Crippen LogP contribution in [-0.4, -0.2) is 60.9 Å². The van der Waals surface area contributed by atoms with E-state index in [0.717, 1.165) is 18.9 Å². The van der Waals surface area contributed by atoms with Crippen LogP contribution in [0.4, 0.5) is 11.6 Å². The quantitative estimate of drug-likeness (QED) is 0.696. The number of hydrogen-bond donors (Lipinski definition) is 2. The molecule has 2 heterocycles. The number of morpholine rings is 1. The molecule has 0 unspecified atom stereocenters. The highest BCUT2D eigenvalue weighted by Crippen LogP contribution is 2.26. The van der Waals surface area contributed by atoms with Gasteiger partial charge in [0.1, 0.15) is 5.82 Å². The maximum absolute atomic E-state index is 12.6.